The highest BCUT2D eigenvalue weighted by atomic mass is 32.2. The number of halogens is 3. The topological polar surface area (TPSA) is 72.2 Å². The first-order valence-corrected chi connectivity index (χ1v) is 7.25. The van der Waals surface area contributed by atoms with E-state index in [1.807, 2.05) is 0 Å². The highest BCUT2D eigenvalue weighted by Gasteiger charge is 2.44. The molecule has 1 N–H and O–H groups in total. The van der Waals surface area contributed by atoms with Crippen molar-refractivity contribution in [2.75, 3.05) is 0 Å². The van der Waals surface area contributed by atoms with Crippen LogP contribution in [0.4, 0.5) is 13.2 Å². The number of hydrogen-bond donors (Lipinski definition) is 1. The van der Waals surface area contributed by atoms with Crippen LogP contribution >= 0.6 is 0 Å². The fourth-order valence-corrected chi connectivity index (χ4v) is 2.77. The van der Waals surface area contributed by atoms with Crippen LogP contribution in [0.25, 0.3) is 0 Å². The fourth-order valence-electron chi connectivity index (χ4n) is 1.65. The lowest BCUT2D eigenvalue weighted by atomic mass is 10.1. The van der Waals surface area contributed by atoms with Crippen LogP contribution in [0.3, 0.4) is 0 Å². The number of hydrogen-bond acceptors (Lipinski definition) is 4. The maximum Gasteiger partial charge on any atom is 0.408 e. The van der Waals surface area contributed by atoms with Crippen molar-refractivity contribution in [1.29, 1.82) is 0 Å². The number of nitrogens with zero attached hydrogens (tertiary/aromatic N) is 1. The summed E-state index contributed by atoms with van der Waals surface area (Å²) >= 11 is 0. The van der Waals surface area contributed by atoms with Gasteiger partial charge in [0.15, 0.2) is 5.89 Å². The van der Waals surface area contributed by atoms with Crippen LogP contribution in [0.15, 0.2) is 46.0 Å². The average molecular weight is 320 g/mol. The summed E-state index contributed by atoms with van der Waals surface area (Å²) < 4.78 is 69.5. The van der Waals surface area contributed by atoms with Gasteiger partial charge in [-0.3, -0.25) is 0 Å². The van der Waals surface area contributed by atoms with Crippen molar-refractivity contribution < 1.29 is 26.0 Å². The molecule has 0 aliphatic rings. The Bertz CT molecular complexity index is 711. The quantitative estimate of drug-likeness (QED) is 0.940. The highest BCUT2D eigenvalue weighted by Crippen LogP contribution is 2.33. The number of alkyl halides is 3. The third-order valence-electron chi connectivity index (χ3n) is 2.60. The van der Waals surface area contributed by atoms with Crippen LogP contribution in [0, 0.1) is 6.92 Å². The molecule has 21 heavy (non-hydrogen) atoms. The molecule has 0 aliphatic heterocycles. The average Bonchev–Trinajstić information content (AvgIpc) is 2.83. The number of aryl methyl sites for hydroxylation is 1. The van der Waals surface area contributed by atoms with Crippen molar-refractivity contribution in [3.8, 4) is 0 Å². The molecule has 1 unspecified atom stereocenters. The zero-order valence-corrected chi connectivity index (χ0v) is 11.6. The maximum absolute atomic E-state index is 13.1. The number of aromatic nitrogens is 1. The number of benzene rings is 1. The van der Waals surface area contributed by atoms with Gasteiger partial charge in [-0.25, -0.2) is 13.4 Å². The molecule has 1 aromatic heterocycles. The molecule has 2 rings (SSSR count). The molecule has 0 fully saturated rings. The van der Waals surface area contributed by atoms with E-state index in [1.165, 1.54) is 37.3 Å². The molecule has 0 radical (unpaired) electrons. The predicted molar refractivity (Wildman–Crippen MR) is 66.8 cm³/mol. The molecule has 0 saturated heterocycles. The molecular weight excluding hydrogens is 309 g/mol. The molecule has 5 nitrogen and oxygen atoms in total. The van der Waals surface area contributed by atoms with Gasteiger partial charge in [0.2, 0.25) is 0 Å². The number of nitrogens with one attached hydrogen (secondary N) is 1. The van der Waals surface area contributed by atoms with E-state index in [1.54, 1.807) is 4.72 Å². The number of oxazole rings is 1. The predicted octanol–water partition coefficient (Wildman–Crippen LogP) is 2.56. The molecule has 1 heterocycles. The second-order valence-corrected chi connectivity index (χ2v) is 5.85. The largest absolute Gasteiger partial charge is 0.428 e. The molecule has 2 aromatic rings. The van der Waals surface area contributed by atoms with E-state index in [-0.39, 0.29) is 11.5 Å². The van der Waals surface area contributed by atoms with Gasteiger partial charge in [0.1, 0.15) is 6.04 Å². The van der Waals surface area contributed by atoms with Gasteiger partial charge in [0.25, 0.3) is 15.1 Å². The van der Waals surface area contributed by atoms with Crippen molar-refractivity contribution in [1.82, 2.24) is 9.71 Å². The second-order valence-electron chi connectivity index (χ2n) is 4.20. The Kier molecular flexibility index (Phi) is 4.06. The van der Waals surface area contributed by atoms with Crippen LogP contribution in [0.1, 0.15) is 17.5 Å². The standard InChI is InChI=1S/C12H11F3N2O3S/c1-8-16-7-10(20-8)21(18,19)17-11(12(13,14)15)9-5-3-2-4-6-9/h2-7,11,17H,1H3. The van der Waals surface area contributed by atoms with Gasteiger partial charge < -0.3 is 4.42 Å². The van der Waals surface area contributed by atoms with Crippen LogP contribution in [0.2, 0.25) is 0 Å². The molecule has 0 spiro atoms. The Labute approximate surface area is 118 Å². The minimum absolute atomic E-state index is 0.0404. The third-order valence-corrected chi connectivity index (χ3v) is 3.86. The lowest BCUT2D eigenvalue weighted by Gasteiger charge is -2.21. The van der Waals surface area contributed by atoms with Crippen LogP contribution in [0.5, 0.6) is 0 Å². The summed E-state index contributed by atoms with van der Waals surface area (Å²) in [4.78, 5) is 3.56. The SMILES string of the molecule is Cc1ncc(S(=O)(=O)NC(c2ccccc2)C(F)(F)F)o1. The smallest absolute Gasteiger partial charge is 0.408 e. The Hall–Kier alpha value is -1.87. The highest BCUT2D eigenvalue weighted by molar-refractivity contribution is 7.89. The molecule has 1 aromatic carbocycles. The van der Waals surface area contributed by atoms with Gasteiger partial charge in [-0.15, -0.1) is 0 Å². The maximum atomic E-state index is 13.1. The summed E-state index contributed by atoms with van der Waals surface area (Å²) in [6, 6.07) is 4.32. The van der Waals surface area contributed by atoms with Gasteiger partial charge in [-0.2, -0.15) is 17.9 Å². The second kappa shape index (κ2) is 5.49. The van der Waals surface area contributed by atoms with E-state index in [2.05, 4.69) is 4.98 Å². The summed E-state index contributed by atoms with van der Waals surface area (Å²) in [5.41, 5.74) is -0.218. The Morgan fingerprint density at radius 3 is 2.33 bits per heavy atom. The lowest BCUT2D eigenvalue weighted by Crippen LogP contribution is -2.38. The summed E-state index contributed by atoms with van der Waals surface area (Å²) in [5, 5.41) is -0.662. The van der Waals surface area contributed by atoms with Crippen molar-refractivity contribution >= 4 is 10.0 Å². The van der Waals surface area contributed by atoms with E-state index in [4.69, 9.17) is 4.42 Å². The van der Waals surface area contributed by atoms with Gasteiger partial charge in [-0.1, -0.05) is 30.3 Å². The minimum Gasteiger partial charge on any atom is -0.428 e. The zero-order chi connectivity index (χ0) is 15.7. The summed E-state index contributed by atoms with van der Waals surface area (Å²) in [7, 11) is -4.47. The van der Waals surface area contributed by atoms with Crippen molar-refractivity contribution in [3.05, 3.63) is 48.0 Å². The van der Waals surface area contributed by atoms with E-state index < -0.39 is 27.3 Å². The van der Waals surface area contributed by atoms with E-state index in [0.717, 1.165) is 6.20 Å². The molecule has 0 bridgehead atoms. The minimum atomic E-state index is -4.79. The summed E-state index contributed by atoms with van der Waals surface area (Å²) in [6.45, 7) is 1.39. The van der Waals surface area contributed by atoms with Crippen LogP contribution in [-0.4, -0.2) is 19.6 Å². The van der Waals surface area contributed by atoms with Crippen molar-refractivity contribution in [3.63, 3.8) is 0 Å². The molecule has 9 heteroatoms. The molecule has 1 atom stereocenters. The Morgan fingerprint density at radius 2 is 1.86 bits per heavy atom. The lowest BCUT2D eigenvalue weighted by molar-refractivity contribution is -0.153. The zero-order valence-electron chi connectivity index (χ0n) is 10.8. The Balaban J connectivity index is 2.36. The normalized spacial score (nSPS) is 14.1. The van der Waals surface area contributed by atoms with Gasteiger partial charge >= 0.3 is 6.18 Å². The monoisotopic (exact) mass is 320 g/mol. The van der Waals surface area contributed by atoms with Gasteiger partial charge in [0.05, 0.1) is 6.20 Å². The van der Waals surface area contributed by atoms with Crippen molar-refractivity contribution in [2.45, 2.75) is 24.2 Å². The van der Waals surface area contributed by atoms with Crippen molar-refractivity contribution in [2.24, 2.45) is 0 Å². The number of rotatable bonds is 4. The third kappa shape index (κ3) is 3.61. The van der Waals surface area contributed by atoms with Gasteiger partial charge in [-0.05, 0) is 5.56 Å². The van der Waals surface area contributed by atoms with E-state index >= 15 is 0 Å². The van der Waals surface area contributed by atoms with Crippen LogP contribution < -0.4 is 4.72 Å². The fraction of sp³-hybridized carbons (Fsp3) is 0.250. The number of sulfonamides is 1. The summed E-state index contributed by atoms with van der Waals surface area (Å²) in [5.74, 6) is 0.0404. The molecule has 0 saturated carbocycles. The first-order chi connectivity index (χ1) is 9.70. The summed E-state index contributed by atoms with van der Waals surface area (Å²) in [6.07, 6.45) is -3.93. The van der Waals surface area contributed by atoms with Crippen LogP contribution in [-0.2, 0) is 10.0 Å². The van der Waals surface area contributed by atoms with E-state index in [0.29, 0.717) is 0 Å². The first-order valence-electron chi connectivity index (χ1n) is 5.76. The Morgan fingerprint density at radius 1 is 1.24 bits per heavy atom. The molecule has 114 valence electrons. The first kappa shape index (κ1) is 15.5. The molecule has 0 aliphatic carbocycles. The van der Waals surface area contributed by atoms with Gasteiger partial charge in [0, 0.05) is 6.92 Å². The molecular formula is C12H11F3N2O3S. The van der Waals surface area contributed by atoms with E-state index in [9.17, 15) is 21.6 Å². The molecule has 0 amide bonds.